The van der Waals surface area contributed by atoms with Gasteiger partial charge in [0, 0.05) is 44.8 Å². The van der Waals surface area contributed by atoms with Gasteiger partial charge in [-0.2, -0.15) is 0 Å². The number of methoxy groups -OCH3 is 1. The molecular weight excluding hydrogens is 344 g/mol. The molecule has 0 saturated heterocycles. The fourth-order valence-corrected chi connectivity index (χ4v) is 2.56. The number of benzene rings is 2. The van der Waals surface area contributed by atoms with E-state index in [9.17, 15) is 9.59 Å². The molecule has 27 heavy (non-hydrogen) atoms. The summed E-state index contributed by atoms with van der Waals surface area (Å²) >= 11 is 0. The Morgan fingerprint density at radius 3 is 2.37 bits per heavy atom. The first-order chi connectivity index (χ1) is 12.9. The Morgan fingerprint density at radius 2 is 1.74 bits per heavy atom. The smallest absolute Gasteiger partial charge is 0.323 e. The number of hydrogen-bond acceptors (Lipinski definition) is 4. The summed E-state index contributed by atoms with van der Waals surface area (Å²) in [6.45, 7) is 2.80. The molecule has 0 bridgehead atoms. The van der Waals surface area contributed by atoms with Crippen molar-refractivity contribution < 1.29 is 14.3 Å². The summed E-state index contributed by atoms with van der Waals surface area (Å²) in [6, 6.07) is 12.4. The van der Waals surface area contributed by atoms with Crippen LogP contribution in [0.2, 0.25) is 0 Å². The van der Waals surface area contributed by atoms with Gasteiger partial charge < -0.3 is 25.6 Å². The highest BCUT2D eigenvalue weighted by atomic mass is 16.5. The van der Waals surface area contributed by atoms with E-state index in [0.29, 0.717) is 30.1 Å². The fraction of sp³-hybridized carbons (Fsp3) is 0.300. The average molecular weight is 370 g/mol. The van der Waals surface area contributed by atoms with Crippen LogP contribution in [0.15, 0.2) is 42.5 Å². The molecule has 7 nitrogen and oxygen atoms in total. The van der Waals surface area contributed by atoms with Crippen molar-refractivity contribution in [2.75, 3.05) is 49.9 Å². The third-order valence-electron chi connectivity index (χ3n) is 3.85. The summed E-state index contributed by atoms with van der Waals surface area (Å²) in [5.74, 6) is -0.224. The van der Waals surface area contributed by atoms with E-state index >= 15 is 0 Å². The van der Waals surface area contributed by atoms with E-state index in [0.717, 1.165) is 11.3 Å². The minimum atomic E-state index is -0.371. The quantitative estimate of drug-likeness (QED) is 0.654. The number of nitrogens with zero attached hydrogens (tertiary/aromatic N) is 1. The summed E-state index contributed by atoms with van der Waals surface area (Å²) in [4.78, 5) is 26.6. The van der Waals surface area contributed by atoms with E-state index in [2.05, 4.69) is 16.0 Å². The van der Waals surface area contributed by atoms with Crippen LogP contribution in [0.25, 0.3) is 0 Å². The lowest BCUT2D eigenvalue weighted by atomic mass is 10.1. The number of ether oxygens (including phenoxy) is 1. The maximum absolute atomic E-state index is 12.5. The normalized spacial score (nSPS) is 10.2. The largest absolute Gasteiger partial charge is 0.383 e. The average Bonchev–Trinajstić information content (AvgIpc) is 2.61. The molecule has 144 valence electrons. The van der Waals surface area contributed by atoms with Crippen LogP contribution in [-0.4, -0.2) is 46.3 Å². The van der Waals surface area contributed by atoms with Crippen molar-refractivity contribution in [3.05, 3.63) is 53.6 Å². The molecule has 3 amide bonds. The molecule has 7 heteroatoms. The number of aryl methyl sites for hydroxylation is 1. The van der Waals surface area contributed by atoms with E-state index in [1.165, 1.54) is 0 Å². The number of carbonyl (C=O) groups excluding carboxylic acids is 2. The molecule has 0 atom stereocenters. The highest BCUT2D eigenvalue weighted by Gasteiger charge is 2.14. The molecular formula is C20H26N4O3. The van der Waals surface area contributed by atoms with Gasteiger partial charge in [0.1, 0.15) is 0 Å². The van der Waals surface area contributed by atoms with Gasteiger partial charge in [0.25, 0.3) is 5.91 Å². The van der Waals surface area contributed by atoms with E-state index in [-0.39, 0.29) is 11.9 Å². The first kappa shape index (κ1) is 20.3. The van der Waals surface area contributed by atoms with Gasteiger partial charge in [-0.15, -0.1) is 0 Å². The Labute approximate surface area is 159 Å². The van der Waals surface area contributed by atoms with Crippen LogP contribution < -0.4 is 20.9 Å². The van der Waals surface area contributed by atoms with E-state index in [1.807, 2.05) is 50.2 Å². The lowest BCUT2D eigenvalue weighted by molar-refractivity contribution is 0.0937. The topological polar surface area (TPSA) is 82.7 Å². The van der Waals surface area contributed by atoms with Crippen molar-refractivity contribution in [3.63, 3.8) is 0 Å². The summed E-state index contributed by atoms with van der Waals surface area (Å²) in [7, 11) is 5.30. The SMILES string of the molecule is COCCNC(=O)c1cc(NC(=O)Nc2cccc(C)c2)ccc1N(C)C. The van der Waals surface area contributed by atoms with Crippen molar-refractivity contribution in [3.8, 4) is 0 Å². The Kier molecular flexibility index (Phi) is 7.19. The molecule has 0 unspecified atom stereocenters. The number of anilines is 3. The molecule has 0 aliphatic rings. The Bertz CT molecular complexity index is 806. The number of urea groups is 1. The van der Waals surface area contributed by atoms with Crippen LogP contribution in [-0.2, 0) is 4.74 Å². The van der Waals surface area contributed by atoms with Crippen LogP contribution in [0, 0.1) is 6.92 Å². The van der Waals surface area contributed by atoms with Crippen LogP contribution in [0.5, 0.6) is 0 Å². The molecule has 0 aliphatic carbocycles. The lowest BCUT2D eigenvalue weighted by Crippen LogP contribution is -2.29. The highest BCUT2D eigenvalue weighted by Crippen LogP contribution is 2.23. The van der Waals surface area contributed by atoms with Gasteiger partial charge in [0.15, 0.2) is 0 Å². The van der Waals surface area contributed by atoms with E-state index < -0.39 is 0 Å². The Hall–Kier alpha value is -3.06. The number of rotatable bonds is 7. The first-order valence-corrected chi connectivity index (χ1v) is 8.64. The van der Waals surface area contributed by atoms with Crippen molar-refractivity contribution >= 4 is 29.0 Å². The van der Waals surface area contributed by atoms with E-state index in [1.54, 1.807) is 25.3 Å². The molecule has 0 saturated carbocycles. The van der Waals surface area contributed by atoms with E-state index in [4.69, 9.17) is 4.74 Å². The standard InChI is InChI=1S/C20H26N4O3/c1-14-6-5-7-15(12-14)22-20(26)23-16-8-9-18(24(2)3)17(13-16)19(25)21-10-11-27-4/h5-9,12-13H,10-11H2,1-4H3,(H,21,25)(H2,22,23,26). The van der Waals surface area contributed by atoms with Crippen molar-refractivity contribution in [2.24, 2.45) is 0 Å². The maximum atomic E-state index is 12.5. The third kappa shape index (κ3) is 6.00. The number of carbonyl (C=O) groups is 2. The second-order valence-electron chi connectivity index (χ2n) is 6.32. The zero-order chi connectivity index (χ0) is 19.8. The zero-order valence-corrected chi connectivity index (χ0v) is 16.1. The molecule has 0 heterocycles. The van der Waals surface area contributed by atoms with Crippen LogP contribution in [0.1, 0.15) is 15.9 Å². The predicted octanol–water partition coefficient (Wildman–Crippen LogP) is 3.08. The number of nitrogens with one attached hydrogen (secondary N) is 3. The minimum Gasteiger partial charge on any atom is -0.383 e. The van der Waals surface area contributed by atoms with Crippen LogP contribution in [0.3, 0.4) is 0 Å². The molecule has 0 fully saturated rings. The van der Waals surface area contributed by atoms with Crippen molar-refractivity contribution in [2.45, 2.75) is 6.92 Å². The Morgan fingerprint density at radius 1 is 1.04 bits per heavy atom. The summed E-state index contributed by atoms with van der Waals surface area (Å²) < 4.78 is 4.96. The Balaban J connectivity index is 2.13. The van der Waals surface area contributed by atoms with Crippen molar-refractivity contribution in [1.82, 2.24) is 5.32 Å². The van der Waals surface area contributed by atoms with Gasteiger partial charge in [-0.1, -0.05) is 12.1 Å². The third-order valence-corrected chi connectivity index (χ3v) is 3.85. The van der Waals surface area contributed by atoms with Crippen LogP contribution in [0.4, 0.5) is 21.9 Å². The first-order valence-electron chi connectivity index (χ1n) is 8.64. The number of amides is 3. The van der Waals surface area contributed by atoms with Gasteiger partial charge in [0.05, 0.1) is 12.2 Å². The second-order valence-corrected chi connectivity index (χ2v) is 6.32. The zero-order valence-electron chi connectivity index (χ0n) is 16.1. The molecule has 3 N–H and O–H groups in total. The predicted molar refractivity (Wildman–Crippen MR) is 109 cm³/mol. The molecule has 0 radical (unpaired) electrons. The van der Waals surface area contributed by atoms with Crippen LogP contribution >= 0.6 is 0 Å². The van der Waals surface area contributed by atoms with Gasteiger partial charge in [-0.3, -0.25) is 4.79 Å². The molecule has 2 aromatic rings. The molecule has 0 aromatic heterocycles. The van der Waals surface area contributed by atoms with Crippen molar-refractivity contribution in [1.29, 1.82) is 0 Å². The molecule has 0 spiro atoms. The second kappa shape index (κ2) is 9.59. The fourth-order valence-electron chi connectivity index (χ4n) is 2.56. The maximum Gasteiger partial charge on any atom is 0.323 e. The van der Waals surface area contributed by atoms with Gasteiger partial charge in [0.2, 0.25) is 0 Å². The minimum absolute atomic E-state index is 0.224. The van der Waals surface area contributed by atoms with Gasteiger partial charge >= 0.3 is 6.03 Å². The lowest BCUT2D eigenvalue weighted by Gasteiger charge is -2.18. The monoisotopic (exact) mass is 370 g/mol. The highest BCUT2D eigenvalue weighted by molar-refractivity contribution is 6.03. The summed E-state index contributed by atoms with van der Waals surface area (Å²) in [5, 5.41) is 8.35. The summed E-state index contributed by atoms with van der Waals surface area (Å²) in [5.41, 5.74) is 3.52. The molecule has 2 aromatic carbocycles. The van der Waals surface area contributed by atoms with Gasteiger partial charge in [-0.25, -0.2) is 4.79 Å². The molecule has 0 aliphatic heterocycles. The van der Waals surface area contributed by atoms with Gasteiger partial charge in [-0.05, 0) is 42.8 Å². The molecule has 2 rings (SSSR count). The summed E-state index contributed by atoms with van der Waals surface area (Å²) in [6.07, 6.45) is 0. The number of hydrogen-bond donors (Lipinski definition) is 3.